The van der Waals surface area contributed by atoms with Crippen LogP contribution in [0.1, 0.15) is 12.5 Å². The molecular formula is C14H18Cl3NO. The molecule has 0 aliphatic carbocycles. The number of ketones is 1. The maximum absolute atomic E-state index is 11.9. The third kappa shape index (κ3) is 5.96. The maximum atomic E-state index is 11.9. The second-order valence-corrected chi connectivity index (χ2v) is 5.35. The van der Waals surface area contributed by atoms with Crippen LogP contribution in [0.3, 0.4) is 0 Å². The van der Waals surface area contributed by atoms with Crippen LogP contribution < -0.4 is 0 Å². The minimum Gasteiger partial charge on any atom is -0.309 e. The first kappa shape index (κ1) is 18.5. The van der Waals surface area contributed by atoms with E-state index < -0.39 is 0 Å². The summed E-state index contributed by atoms with van der Waals surface area (Å²) in [5.74, 6) is 0.0252. The van der Waals surface area contributed by atoms with Gasteiger partial charge in [0.1, 0.15) is 0 Å². The number of hydrogen-bond acceptors (Lipinski definition) is 2. The van der Waals surface area contributed by atoms with E-state index in [1.54, 1.807) is 30.4 Å². The van der Waals surface area contributed by atoms with Crippen LogP contribution in [-0.2, 0) is 4.79 Å². The highest BCUT2D eigenvalue weighted by Crippen LogP contribution is 2.25. The molecule has 1 aromatic rings. The van der Waals surface area contributed by atoms with Crippen LogP contribution in [0.4, 0.5) is 0 Å². The zero-order valence-corrected chi connectivity index (χ0v) is 13.5. The average molecular weight is 323 g/mol. The maximum Gasteiger partial charge on any atom is 0.159 e. The minimum absolute atomic E-state index is 0. The number of nitrogens with zero attached hydrogens (tertiary/aromatic N) is 1. The van der Waals surface area contributed by atoms with Crippen molar-refractivity contribution in [2.24, 2.45) is 5.92 Å². The lowest BCUT2D eigenvalue weighted by molar-refractivity contribution is -0.118. The van der Waals surface area contributed by atoms with Gasteiger partial charge in [-0.2, -0.15) is 0 Å². The van der Waals surface area contributed by atoms with Gasteiger partial charge in [-0.25, -0.2) is 0 Å². The molecular weight excluding hydrogens is 305 g/mol. The predicted molar refractivity (Wildman–Crippen MR) is 85.5 cm³/mol. The van der Waals surface area contributed by atoms with Gasteiger partial charge in [0.2, 0.25) is 0 Å². The van der Waals surface area contributed by atoms with E-state index >= 15 is 0 Å². The standard InChI is InChI=1S/C14H17Cl2NO.ClH/c1-10(9-17(2)3)14(18)8-7-11-12(15)5-4-6-13(11)16;/h4-8,10H,9H2,1-3H3;1H. The molecule has 5 heteroatoms. The molecule has 1 rings (SSSR count). The molecule has 0 aromatic heterocycles. The number of hydrogen-bond donors (Lipinski definition) is 0. The summed E-state index contributed by atoms with van der Waals surface area (Å²) in [6, 6.07) is 5.28. The molecule has 2 nitrogen and oxygen atoms in total. The third-order valence-corrected chi connectivity index (χ3v) is 3.20. The summed E-state index contributed by atoms with van der Waals surface area (Å²) in [6.07, 6.45) is 3.22. The van der Waals surface area contributed by atoms with E-state index in [0.29, 0.717) is 15.6 Å². The zero-order chi connectivity index (χ0) is 13.7. The fourth-order valence-corrected chi connectivity index (χ4v) is 2.16. The second-order valence-electron chi connectivity index (χ2n) is 4.53. The van der Waals surface area contributed by atoms with E-state index in [1.165, 1.54) is 0 Å². The molecule has 1 unspecified atom stereocenters. The van der Waals surface area contributed by atoms with Gasteiger partial charge >= 0.3 is 0 Å². The highest BCUT2D eigenvalue weighted by atomic mass is 35.5. The number of carbonyl (C=O) groups excluding carboxylic acids is 1. The Bertz CT molecular complexity index is 438. The van der Waals surface area contributed by atoms with Gasteiger partial charge < -0.3 is 4.90 Å². The molecule has 0 spiro atoms. The summed E-state index contributed by atoms with van der Waals surface area (Å²) in [5.41, 5.74) is 0.686. The Morgan fingerprint density at radius 2 is 1.84 bits per heavy atom. The van der Waals surface area contributed by atoms with E-state index in [4.69, 9.17) is 23.2 Å². The molecule has 19 heavy (non-hydrogen) atoms. The number of allylic oxidation sites excluding steroid dienone is 1. The smallest absolute Gasteiger partial charge is 0.159 e. The highest BCUT2D eigenvalue weighted by Gasteiger charge is 2.11. The Morgan fingerprint density at radius 1 is 1.32 bits per heavy atom. The van der Waals surface area contributed by atoms with E-state index in [9.17, 15) is 4.79 Å². The molecule has 1 atom stereocenters. The highest BCUT2D eigenvalue weighted by molar-refractivity contribution is 6.37. The van der Waals surface area contributed by atoms with E-state index in [1.807, 2.05) is 25.9 Å². The Labute approximate surface area is 130 Å². The zero-order valence-electron chi connectivity index (χ0n) is 11.2. The van der Waals surface area contributed by atoms with Crippen LogP contribution in [0.15, 0.2) is 24.3 Å². The summed E-state index contributed by atoms with van der Waals surface area (Å²) >= 11 is 12.0. The van der Waals surface area contributed by atoms with Crippen LogP contribution in [0, 0.1) is 5.92 Å². The van der Waals surface area contributed by atoms with Crippen molar-refractivity contribution in [3.63, 3.8) is 0 Å². The molecule has 0 saturated carbocycles. The molecule has 0 saturated heterocycles. The topological polar surface area (TPSA) is 20.3 Å². The van der Waals surface area contributed by atoms with Crippen LogP contribution >= 0.6 is 35.6 Å². The quantitative estimate of drug-likeness (QED) is 0.757. The lowest BCUT2D eigenvalue weighted by atomic mass is 10.0. The largest absolute Gasteiger partial charge is 0.309 e. The molecule has 1 aromatic carbocycles. The van der Waals surface area contributed by atoms with Gasteiger partial charge in [-0.3, -0.25) is 4.79 Å². The number of benzene rings is 1. The van der Waals surface area contributed by atoms with Crippen molar-refractivity contribution in [1.29, 1.82) is 0 Å². The summed E-state index contributed by atoms with van der Waals surface area (Å²) in [7, 11) is 3.89. The van der Waals surface area contributed by atoms with E-state index in [0.717, 1.165) is 6.54 Å². The first-order chi connectivity index (χ1) is 8.41. The number of halogens is 3. The fourth-order valence-electron chi connectivity index (χ4n) is 1.64. The lowest BCUT2D eigenvalue weighted by Crippen LogP contribution is -2.24. The van der Waals surface area contributed by atoms with Crippen molar-refractivity contribution in [2.45, 2.75) is 6.92 Å². The van der Waals surface area contributed by atoms with Gasteiger partial charge in [-0.1, -0.05) is 36.2 Å². The number of carbonyl (C=O) groups is 1. The van der Waals surface area contributed by atoms with Crippen LogP contribution in [0.25, 0.3) is 6.08 Å². The minimum atomic E-state index is -0.0440. The van der Waals surface area contributed by atoms with Gasteiger partial charge in [0.15, 0.2) is 5.78 Å². The van der Waals surface area contributed by atoms with Gasteiger partial charge in [0.25, 0.3) is 0 Å². The van der Waals surface area contributed by atoms with Gasteiger partial charge in [-0.15, -0.1) is 12.4 Å². The third-order valence-electron chi connectivity index (χ3n) is 2.54. The van der Waals surface area contributed by atoms with Crippen molar-refractivity contribution < 1.29 is 4.79 Å². The fraction of sp³-hybridized carbons (Fsp3) is 0.357. The Kier molecular flexibility index (Phi) is 8.35. The SMILES string of the molecule is CC(CN(C)C)C(=O)C=Cc1c(Cl)cccc1Cl.Cl. The van der Waals surface area contributed by atoms with Crippen LogP contribution in [0.5, 0.6) is 0 Å². The van der Waals surface area contributed by atoms with Gasteiger partial charge in [0.05, 0.1) is 0 Å². The molecule has 0 radical (unpaired) electrons. The Balaban J connectivity index is 0.00000324. The van der Waals surface area contributed by atoms with Crippen LogP contribution in [0.2, 0.25) is 10.0 Å². The second kappa shape index (κ2) is 8.60. The summed E-state index contributed by atoms with van der Waals surface area (Å²) in [5, 5.41) is 1.10. The van der Waals surface area contributed by atoms with Crippen molar-refractivity contribution in [3.8, 4) is 0 Å². The van der Waals surface area contributed by atoms with Gasteiger partial charge in [-0.05, 0) is 38.4 Å². The van der Waals surface area contributed by atoms with Crippen LogP contribution in [-0.4, -0.2) is 31.3 Å². The first-order valence-corrected chi connectivity index (χ1v) is 6.48. The molecule has 0 aliphatic rings. The molecule has 0 amide bonds. The monoisotopic (exact) mass is 321 g/mol. The summed E-state index contributed by atoms with van der Waals surface area (Å²) in [6.45, 7) is 2.63. The molecule has 0 heterocycles. The van der Waals surface area contributed by atoms with Crippen molar-refractivity contribution in [3.05, 3.63) is 39.9 Å². The lowest BCUT2D eigenvalue weighted by Gasteiger charge is -2.13. The molecule has 106 valence electrons. The van der Waals surface area contributed by atoms with Crippen molar-refractivity contribution in [1.82, 2.24) is 4.90 Å². The van der Waals surface area contributed by atoms with E-state index in [2.05, 4.69) is 0 Å². The van der Waals surface area contributed by atoms with Gasteiger partial charge in [0, 0.05) is 28.1 Å². The Morgan fingerprint density at radius 3 is 2.32 bits per heavy atom. The predicted octanol–water partition coefficient (Wildman–Crippen LogP) is 4.20. The van der Waals surface area contributed by atoms with Crippen molar-refractivity contribution >= 4 is 47.5 Å². The number of rotatable bonds is 5. The molecule has 0 fully saturated rings. The summed E-state index contributed by atoms with van der Waals surface area (Å²) < 4.78 is 0. The molecule has 0 aliphatic heterocycles. The normalized spacial score (nSPS) is 12.5. The average Bonchev–Trinajstić information content (AvgIpc) is 2.27. The Hall–Kier alpha value is -0.540. The molecule has 0 N–H and O–H groups in total. The van der Waals surface area contributed by atoms with E-state index in [-0.39, 0.29) is 24.1 Å². The first-order valence-electron chi connectivity index (χ1n) is 5.72. The summed E-state index contributed by atoms with van der Waals surface area (Å²) in [4.78, 5) is 13.9. The molecule has 0 bridgehead atoms. The van der Waals surface area contributed by atoms with Crippen molar-refractivity contribution in [2.75, 3.05) is 20.6 Å².